The molecule has 0 atom stereocenters. The molecule has 0 saturated carbocycles. The van der Waals surface area contributed by atoms with Crippen LogP contribution in [0.2, 0.25) is 5.02 Å². The molecule has 2 aromatic carbocycles. The van der Waals surface area contributed by atoms with E-state index in [-0.39, 0.29) is 17.1 Å². The summed E-state index contributed by atoms with van der Waals surface area (Å²) >= 11 is 5.83. The van der Waals surface area contributed by atoms with Crippen LogP contribution in [0.5, 0.6) is 11.5 Å². The zero-order valence-electron chi connectivity index (χ0n) is 12.6. The van der Waals surface area contributed by atoms with E-state index in [0.717, 1.165) is 5.01 Å². The Morgan fingerprint density at radius 1 is 1.17 bits per heavy atom. The summed E-state index contributed by atoms with van der Waals surface area (Å²) in [5.41, 5.74) is 3.55. The highest BCUT2D eigenvalue weighted by Gasteiger charge is 2.34. The van der Waals surface area contributed by atoms with Crippen LogP contribution in [0.15, 0.2) is 48.0 Å². The molecule has 24 heavy (non-hydrogen) atoms. The normalized spacial score (nSPS) is 15.8. The maximum Gasteiger partial charge on any atom is 0.282 e. The van der Waals surface area contributed by atoms with Gasteiger partial charge < -0.3 is 9.84 Å². The summed E-state index contributed by atoms with van der Waals surface area (Å²) < 4.78 is 5.02. The molecule has 0 unspecified atom stereocenters. The average Bonchev–Trinajstić information content (AvgIpc) is 2.85. The van der Waals surface area contributed by atoms with Crippen molar-refractivity contribution < 1.29 is 19.4 Å². The number of carbonyl (C=O) groups is 2. The third kappa shape index (κ3) is 2.91. The number of nitrogens with zero attached hydrogens (tertiary/aromatic N) is 1. The molecule has 0 radical (unpaired) electrons. The number of aromatic hydroxyl groups is 1. The Balaban J connectivity index is 1.93. The Bertz CT molecular complexity index is 846. The van der Waals surface area contributed by atoms with Crippen LogP contribution in [-0.4, -0.2) is 24.0 Å². The number of halogens is 1. The van der Waals surface area contributed by atoms with Crippen LogP contribution in [0.3, 0.4) is 0 Å². The lowest BCUT2D eigenvalue weighted by atomic mass is 10.1. The average molecular weight is 345 g/mol. The quantitative estimate of drug-likeness (QED) is 0.662. The molecule has 0 aromatic heterocycles. The van der Waals surface area contributed by atoms with Gasteiger partial charge in [-0.2, -0.15) is 0 Å². The van der Waals surface area contributed by atoms with Crippen LogP contribution in [0.4, 0.5) is 5.69 Å². The molecule has 0 aliphatic carbocycles. The van der Waals surface area contributed by atoms with Gasteiger partial charge in [-0.3, -0.25) is 15.0 Å². The second-order valence-electron chi connectivity index (χ2n) is 5.05. The minimum absolute atomic E-state index is 0.0160. The van der Waals surface area contributed by atoms with E-state index in [9.17, 15) is 14.7 Å². The van der Waals surface area contributed by atoms with E-state index in [1.165, 1.54) is 25.3 Å². The number of phenolic OH excluding ortho intramolecular Hbond substituents is 1. The van der Waals surface area contributed by atoms with Crippen molar-refractivity contribution in [2.24, 2.45) is 0 Å². The molecule has 3 rings (SSSR count). The van der Waals surface area contributed by atoms with Gasteiger partial charge >= 0.3 is 0 Å². The summed E-state index contributed by atoms with van der Waals surface area (Å²) in [6, 6.07) is 11.1. The monoisotopic (exact) mass is 344 g/mol. The zero-order valence-corrected chi connectivity index (χ0v) is 13.4. The van der Waals surface area contributed by atoms with Crippen molar-refractivity contribution in [3.8, 4) is 11.5 Å². The van der Waals surface area contributed by atoms with Gasteiger partial charge in [0.25, 0.3) is 11.8 Å². The highest BCUT2D eigenvalue weighted by Crippen LogP contribution is 2.28. The van der Waals surface area contributed by atoms with Crippen LogP contribution in [-0.2, 0) is 9.59 Å². The Morgan fingerprint density at radius 3 is 2.54 bits per heavy atom. The molecule has 7 heteroatoms. The Kier molecular flexibility index (Phi) is 4.14. The van der Waals surface area contributed by atoms with Gasteiger partial charge in [0.15, 0.2) is 11.5 Å². The minimum atomic E-state index is -0.512. The first-order valence-corrected chi connectivity index (χ1v) is 7.37. The first kappa shape index (κ1) is 15.9. The topological polar surface area (TPSA) is 78.9 Å². The van der Waals surface area contributed by atoms with Crippen LogP contribution in [0.25, 0.3) is 6.08 Å². The number of hydrogen-bond donors (Lipinski definition) is 2. The molecule has 1 aliphatic heterocycles. The summed E-state index contributed by atoms with van der Waals surface area (Å²) in [6.45, 7) is 0. The third-order valence-electron chi connectivity index (χ3n) is 3.49. The summed E-state index contributed by atoms with van der Waals surface area (Å²) in [5.74, 6) is -0.759. The lowest BCUT2D eigenvalue weighted by Gasteiger charge is -2.14. The van der Waals surface area contributed by atoms with E-state index in [2.05, 4.69) is 5.43 Å². The SMILES string of the molecule is COc1cc(C=C2C(=O)NN(c3ccc(Cl)cc3)C2=O)ccc1O. The standard InChI is InChI=1S/C17H13ClN2O4/c1-24-15-9-10(2-7-14(15)21)8-13-16(22)19-20(17(13)23)12-5-3-11(18)4-6-12/h2-9,21H,1H3,(H,19,22). The van der Waals surface area contributed by atoms with Gasteiger partial charge in [-0.1, -0.05) is 17.7 Å². The molecule has 122 valence electrons. The third-order valence-corrected chi connectivity index (χ3v) is 3.74. The molecule has 1 aliphatic rings. The number of phenols is 1. The second-order valence-corrected chi connectivity index (χ2v) is 5.48. The Morgan fingerprint density at radius 2 is 1.88 bits per heavy atom. The van der Waals surface area contributed by atoms with E-state index in [1.807, 2.05) is 0 Å². The molecular formula is C17H13ClN2O4. The Hall–Kier alpha value is -2.99. The lowest BCUT2D eigenvalue weighted by molar-refractivity contribution is -0.117. The van der Waals surface area contributed by atoms with E-state index >= 15 is 0 Å². The number of benzene rings is 2. The largest absolute Gasteiger partial charge is 0.504 e. The first-order chi connectivity index (χ1) is 11.5. The molecule has 1 saturated heterocycles. The molecule has 1 fully saturated rings. The molecule has 2 aromatic rings. The van der Waals surface area contributed by atoms with Gasteiger partial charge in [0.05, 0.1) is 12.8 Å². The number of carbonyl (C=O) groups excluding carboxylic acids is 2. The van der Waals surface area contributed by atoms with Crippen LogP contribution >= 0.6 is 11.6 Å². The maximum absolute atomic E-state index is 12.5. The van der Waals surface area contributed by atoms with Crippen molar-refractivity contribution in [1.29, 1.82) is 0 Å². The van der Waals surface area contributed by atoms with Gasteiger partial charge in [-0.05, 0) is 48.0 Å². The molecule has 1 heterocycles. The maximum atomic E-state index is 12.5. The minimum Gasteiger partial charge on any atom is -0.504 e. The number of anilines is 1. The smallest absolute Gasteiger partial charge is 0.282 e. The highest BCUT2D eigenvalue weighted by atomic mass is 35.5. The summed E-state index contributed by atoms with van der Waals surface area (Å²) in [7, 11) is 1.42. The Labute approximate surface area is 142 Å². The molecule has 6 nitrogen and oxygen atoms in total. The fraction of sp³-hybridized carbons (Fsp3) is 0.0588. The second kappa shape index (κ2) is 6.25. The fourth-order valence-corrected chi connectivity index (χ4v) is 2.41. The zero-order chi connectivity index (χ0) is 17.3. The molecule has 2 N–H and O–H groups in total. The molecule has 0 spiro atoms. The summed E-state index contributed by atoms with van der Waals surface area (Å²) in [5, 5.41) is 11.3. The van der Waals surface area contributed by atoms with E-state index in [0.29, 0.717) is 16.3 Å². The predicted molar refractivity (Wildman–Crippen MR) is 89.7 cm³/mol. The lowest BCUT2D eigenvalue weighted by Crippen LogP contribution is -2.35. The van der Waals surface area contributed by atoms with Crippen LogP contribution in [0.1, 0.15) is 5.56 Å². The van der Waals surface area contributed by atoms with Crippen molar-refractivity contribution in [3.63, 3.8) is 0 Å². The van der Waals surface area contributed by atoms with E-state index in [4.69, 9.17) is 16.3 Å². The van der Waals surface area contributed by atoms with E-state index < -0.39 is 11.8 Å². The first-order valence-electron chi connectivity index (χ1n) is 6.99. The highest BCUT2D eigenvalue weighted by molar-refractivity contribution is 6.32. The summed E-state index contributed by atoms with van der Waals surface area (Å²) in [6.07, 6.45) is 1.44. The number of hydrogen-bond acceptors (Lipinski definition) is 4. The predicted octanol–water partition coefficient (Wildman–Crippen LogP) is 2.52. The number of ether oxygens (including phenoxy) is 1. The van der Waals surface area contributed by atoms with Gasteiger partial charge in [-0.25, -0.2) is 5.01 Å². The van der Waals surface area contributed by atoms with Gasteiger partial charge in [0, 0.05) is 5.02 Å². The van der Waals surface area contributed by atoms with Crippen molar-refractivity contribution in [2.45, 2.75) is 0 Å². The number of methoxy groups -OCH3 is 1. The van der Waals surface area contributed by atoms with Crippen LogP contribution < -0.4 is 15.2 Å². The fourth-order valence-electron chi connectivity index (χ4n) is 2.28. The summed E-state index contributed by atoms with van der Waals surface area (Å²) in [4.78, 5) is 24.6. The van der Waals surface area contributed by atoms with Gasteiger partial charge in [0.2, 0.25) is 0 Å². The molecule has 2 amide bonds. The van der Waals surface area contributed by atoms with Crippen molar-refractivity contribution in [1.82, 2.24) is 5.43 Å². The van der Waals surface area contributed by atoms with Gasteiger partial charge in [0.1, 0.15) is 5.57 Å². The van der Waals surface area contributed by atoms with Crippen molar-refractivity contribution >= 4 is 35.2 Å². The number of nitrogens with one attached hydrogen (secondary N) is 1. The number of rotatable bonds is 3. The molecule has 0 bridgehead atoms. The number of amides is 2. The number of hydrazine groups is 1. The molecular weight excluding hydrogens is 332 g/mol. The van der Waals surface area contributed by atoms with E-state index in [1.54, 1.807) is 30.3 Å². The van der Waals surface area contributed by atoms with Crippen molar-refractivity contribution in [2.75, 3.05) is 12.1 Å². The van der Waals surface area contributed by atoms with Crippen LogP contribution in [0, 0.1) is 0 Å². The van der Waals surface area contributed by atoms with Crippen molar-refractivity contribution in [3.05, 3.63) is 58.6 Å². The van der Waals surface area contributed by atoms with Gasteiger partial charge in [-0.15, -0.1) is 0 Å².